The lowest BCUT2D eigenvalue weighted by Crippen LogP contribution is -2.48. The monoisotopic (exact) mass is 260 g/mol. The molecule has 1 aliphatic rings. The molecule has 0 spiro atoms. The molecule has 0 bridgehead atoms. The van der Waals surface area contributed by atoms with Crippen molar-refractivity contribution in [1.29, 1.82) is 0 Å². The first kappa shape index (κ1) is 14.1. The zero-order chi connectivity index (χ0) is 13.8. The van der Waals surface area contributed by atoms with Crippen LogP contribution in [-0.4, -0.2) is 37.0 Å². The van der Waals surface area contributed by atoms with Gasteiger partial charge in [0, 0.05) is 24.7 Å². The number of benzene rings is 1. The third-order valence-electron chi connectivity index (χ3n) is 3.80. The van der Waals surface area contributed by atoms with E-state index in [1.807, 2.05) is 37.9 Å². The highest BCUT2D eigenvalue weighted by Crippen LogP contribution is 2.20. The van der Waals surface area contributed by atoms with Gasteiger partial charge in [-0.3, -0.25) is 4.79 Å². The Morgan fingerprint density at radius 2 is 1.95 bits per heavy atom. The van der Waals surface area contributed by atoms with E-state index in [4.69, 9.17) is 0 Å². The molecule has 0 aliphatic carbocycles. The number of hydrogen-bond donors (Lipinski definition) is 1. The van der Waals surface area contributed by atoms with Gasteiger partial charge in [0.15, 0.2) is 0 Å². The standard InChI is InChI=1S/C16H24N2O/c1-12-8-13(2)10-14(9-12)16(19)18-7-5-4-6-15(18)11-17-3/h8-10,15,17H,4-7,11H2,1-3H3. The molecule has 0 aromatic heterocycles. The van der Waals surface area contributed by atoms with E-state index in [1.165, 1.54) is 6.42 Å². The lowest BCUT2D eigenvalue weighted by molar-refractivity contribution is 0.0615. The number of likely N-dealkylation sites (tertiary alicyclic amines) is 1. The van der Waals surface area contributed by atoms with E-state index in [0.717, 1.165) is 42.6 Å². The Morgan fingerprint density at radius 3 is 2.58 bits per heavy atom. The molecule has 1 N–H and O–H groups in total. The Bertz CT molecular complexity index is 434. The second-order valence-corrected chi connectivity index (χ2v) is 5.58. The summed E-state index contributed by atoms with van der Waals surface area (Å²) in [5, 5.41) is 3.20. The average molecular weight is 260 g/mol. The highest BCUT2D eigenvalue weighted by atomic mass is 16.2. The van der Waals surface area contributed by atoms with Gasteiger partial charge < -0.3 is 10.2 Å². The van der Waals surface area contributed by atoms with E-state index in [2.05, 4.69) is 11.4 Å². The van der Waals surface area contributed by atoms with Gasteiger partial charge in [0.1, 0.15) is 0 Å². The summed E-state index contributed by atoms with van der Waals surface area (Å²) in [7, 11) is 1.95. The van der Waals surface area contributed by atoms with Gasteiger partial charge >= 0.3 is 0 Å². The molecule has 104 valence electrons. The largest absolute Gasteiger partial charge is 0.334 e. The summed E-state index contributed by atoms with van der Waals surface area (Å²) in [4.78, 5) is 14.7. The third-order valence-corrected chi connectivity index (χ3v) is 3.80. The van der Waals surface area contributed by atoms with Crippen LogP contribution in [0.5, 0.6) is 0 Å². The number of carbonyl (C=O) groups excluding carboxylic acids is 1. The number of carbonyl (C=O) groups is 1. The number of likely N-dealkylation sites (N-methyl/N-ethyl adjacent to an activating group) is 1. The second-order valence-electron chi connectivity index (χ2n) is 5.58. The molecule has 0 saturated carbocycles. The quantitative estimate of drug-likeness (QED) is 0.905. The highest BCUT2D eigenvalue weighted by Gasteiger charge is 2.26. The minimum Gasteiger partial charge on any atom is -0.334 e. The summed E-state index contributed by atoms with van der Waals surface area (Å²) in [6.07, 6.45) is 3.46. The van der Waals surface area contributed by atoms with Gasteiger partial charge in [-0.15, -0.1) is 0 Å². The van der Waals surface area contributed by atoms with E-state index < -0.39 is 0 Å². The van der Waals surface area contributed by atoms with E-state index in [1.54, 1.807) is 0 Å². The Morgan fingerprint density at radius 1 is 1.26 bits per heavy atom. The molecule has 2 rings (SSSR count). The van der Waals surface area contributed by atoms with Crippen molar-refractivity contribution in [2.75, 3.05) is 20.1 Å². The number of aryl methyl sites for hydroxylation is 2. The van der Waals surface area contributed by atoms with Crippen molar-refractivity contribution in [3.63, 3.8) is 0 Å². The minimum absolute atomic E-state index is 0.187. The van der Waals surface area contributed by atoms with Crippen molar-refractivity contribution in [2.45, 2.75) is 39.2 Å². The Labute approximate surface area is 116 Å². The molecule has 0 radical (unpaired) electrons. The summed E-state index contributed by atoms with van der Waals surface area (Å²) in [5.41, 5.74) is 3.15. The summed E-state index contributed by atoms with van der Waals surface area (Å²) in [6.45, 7) is 5.87. The molecular weight excluding hydrogens is 236 g/mol. The van der Waals surface area contributed by atoms with Gasteiger partial charge in [-0.2, -0.15) is 0 Å². The molecule has 1 amide bonds. The molecule has 1 atom stereocenters. The van der Waals surface area contributed by atoms with Crippen molar-refractivity contribution in [2.24, 2.45) is 0 Å². The van der Waals surface area contributed by atoms with E-state index in [0.29, 0.717) is 6.04 Å². The molecule has 1 saturated heterocycles. The lowest BCUT2D eigenvalue weighted by Gasteiger charge is -2.36. The van der Waals surface area contributed by atoms with Crippen molar-refractivity contribution in [1.82, 2.24) is 10.2 Å². The van der Waals surface area contributed by atoms with Gasteiger partial charge in [-0.05, 0) is 52.3 Å². The van der Waals surface area contributed by atoms with Gasteiger partial charge in [-0.25, -0.2) is 0 Å². The van der Waals surface area contributed by atoms with Gasteiger partial charge in [0.2, 0.25) is 0 Å². The number of piperidine rings is 1. The maximum Gasteiger partial charge on any atom is 0.254 e. The van der Waals surface area contributed by atoms with E-state index in [9.17, 15) is 4.79 Å². The zero-order valence-electron chi connectivity index (χ0n) is 12.2. The third kappa shape index (κ3) is 3.35. The number of hydrogen-bond acceptors (Lipinski definition) is 2. The first-order chi connectivity index (χ1) is 9.11. The van der Waals surface area contributed by atoms with Crippen LogP contribution in [0.1, 0.15) is 40.7 Å². The van der Waals surface area contributed by atoms with Crippen LogP contribution in [0.25, 0.3) is 0 Å². The smallest absolute Gasteiger partial charge is 0.254 e. The summed E-state index contributed by atoms with van der Waals surface area (Å²) in [5.74, 6) is 0.187. The van der Waals surface area contributed by atoms with Gasteiger partial charge in [0.05, 0.1) is 0 Å². The summed E-state index contributed by atoms with van der Waals surface area (Å²) >= 11 is 0. The van der Waals surface area contributed by atoms with Crippen molar-refractivity contribution in [3.8, 4) is 0 Å². The predicted molar refractivity (Wildman–Crippen MR) is 78.5 cm³/mol. The first-order valence-corrected chi connectivity index (χ1v) is 7.15. The van der Waals surface area contributed by atoms with Gasteiger partial charge in [-0.1, -0.05) is 17.2 Å². The summed E-state index contributed by atoms with van der Waals surface area (Å²) in [6, 6.07) is 6.45. The van der Waals surface area contributed by atoms with Crippen LogP contribution in [0.15, 0.2) is 18.2 Å². The molecular formula is C16H24N2O. The number of rotatable bonds is 3. The van der Waals surface area contributed by atoms with Crippen LogP contribution in [-0.2, 0) is 0 Å². The normalized spacial score (nSPS) is 19.5. The lowest BCUT2D eigenvalue weighted by atomic mass is 9.99. The number of nitrogens with one attached hydrogen (secondary N) is 1. The topological polar surface area (TPSA) is 32.3 Å². The maximum absolute atomic E-state index is 12.7. The molecule has 3 nitrogen and oxygen atoms in total. The molecule has 1 fully saturated rings. The minimum atomic E-state index is 0.187. The second kappa shape index (κ2) is 6.20. The van der Waals surface area contributed by atoms with E-state index >= 15 is 0 Å². The fraction of sp³-hybridized carbons (Fsp3) is 0.562. The average Bonchev–Trinajstić information content (AvgIpc) is 2.38. The fourth-order valence-corrected chi connectivity index (χ4v) is 2.98. The molecule has 1 heterocycles. The zero-order valence-corrected chi connectivity index (χ0v) is 12.2. The molecule has 1 aromatic carbocycles. The Kier molecular flexibility index (Phi) is 4.59. The summed E-state index contributed by atoms with van der Waals surface area (Å²) < 4.78 is 0. The SMILES string of the molecule is CNCC1CCCCN1C(=O)c1cc(C)cc(C)c1. The highest BCUT2D eigenvalue weighted by molar-refractivity contribution is 5.95. The van der Waals surface area contributed by atoms with Crippen molar-refractivity contribution in [3.05, 3.63) is 34.9 Å². The fourth-order valence-electron chi connectivity index (χ4n) is 2.98. The van der Waals surface area contributed by atoms with Crippen LogP contribution < -0.4 is 5.32 Å². The first-order valence-electron chi connectivity index (χ1n) is 7.15. The Balaban J connectivity index is 2.20. The van der Waals surface area contributed by atoms with Crippen LogP contribution in [0.4, 0.5) is 0 Å². The molecule has 1 aliphatic heterocycles. The van der Waals surface area contributed by atoms with E-state index in [-0.39, 0.29) is 5.91 Å². The van der Waals surface area contributed by atoms with Crippen LogP contribution in [0.3, 0.4) is 0 Å². The van der Waals surface area contributed by atoms with Gasteiger partial charge in [0.25, 0.3) is 5.91 Å². The predicted octanol–water partition coefficient (Wildman–Crippen LogP) is 2.52. The van der Waals surface area contributed by atoms with Crippen molar-refractivity contribution >= 4 is 5.91 Å². The number of nitrogens with zero attached hydrogens (tertiary/aromatic N) is 1. The maximum atomic E-state index is 12.7. The molecule has 1 unspecified atom stereocenters. The molecule has 19 heavy (non-hydrogen) atoms. The van der Waals surface area contributed by atoms with Crippen molar-refractivity contribution < 1.29 is 4.79 Å². The molecule has 1 aromatic rings. The number of amides is 1. The van der Waals surface area contributed by atoms with Crippen LogP contribution >= 0.6 is 0 Å². The Hall–Kier alpha value is -1.35. The van der Waals surface area contributed by atoms with Crippen LogP contribution in [0, 0.1) is 13.8 Å². The molecule has 3 heteroatoms. The van der Waals surface area contributed by atoms with Crippen LogP contribution in [0.2, 0.25) is 0 Å².